The lowest BCUT2D eigenvalue weighted by molar-refractivity contribution is -0.00265. The molecule has 0 aromatic carbocycles. The molecular weight excluding hydrogens is 140 g/mol. The monoisotopic (exact) mass is 158 g/mol. The maximum Gasteiger partial charge on any atom is 0.0793 e. The van der Waals surface area contributed by atoms with Crippen LogP contribution in [0.5, 0.6) is 0 Å². The lowest BCUT2D eigenvalue weighted by Crippen LogP contribution is -2.54. The van der Waals surface area contributed by atoms with Gasteiger partial charge in [-0.2, -0.15) is 0 Å². The van der Waals surface area contributed by atoms with Gasteiger partial charge in [-0.3, -0.25) is 4.90 Å². The molecule has 1 heterocycles. The summed E-state index contributed by atoms with van der Waals surface area (Å²) in [6.45, 7) is 4.97. The second-order valence-electron chi connectivity index (χ2n) is 3.27. The van der Waals surface area contributed by atoms with Crippen molar-refractivity contribution in [2.75, 3.05) is 26.7 Å². The molecule has 66 valence electrons. The Bertz CT molecular complexity index is 109. The largest absolute Gasteiger partial charge is 0.390 e. The van der Waals surface area contributed by atoms with Crippen molar-refractivity contribution in [2.45, 2.75) is 25.5 Å². The first-order chi connectivity index (χ1) is 5.26. The molecule has 0 bridgehead atoms. The topological polar surface area (TPSA) is 35.5 Å². The lowest BCUT2D eigenvalue weighted by atomic mass is 10.1. The molecule has 3 heteroatoms. The molecule has 3 nitrogen and oxygen atoms in total. The van der Waals surface area contributed by atoms with Gasteiger partial charge in [0.25, 0.3) is 0 Å². The van der Waals surface area contributed by atoms with Gasteiger partial charge in [0.05, 0.1) is 6.10 Å². The third kappa shape index (κ3) is 2.43. The van der Waals surface area contributed by atoms with E-state index in [4.69, 9.17) is 5.11 Å². The van der Waals surface area contributed by atoms with E-state index in [1.165, 1.54) is 0 Å². The average molecular weight is 158 g/mol. The fourth-order valence-electron chi connectivity index (χ4n) is 1.43. The minimum Gasteiger partial charge on any atom is -0.390 e. The molecule has 2 N–H and O–H groups in total. The zero-order valence-electron chi connectivity index (χ0n) is 7.38. The molecule has 1 saturated heterocycles. The highest BCUT2D eigenvalue weighted by atomic mass is 16.3. The van der Waals surface area contributed by atoms with Crippen LogP contribution in [0, 0.1) is 0 Å². The minimum absolute atomic E-state index is 0.0654. The molecule has 1 atom stereocenters. The molecule has 1 aliphatic rings. The van der Waals surface area contributed by atoms with Gasteiger partial charge in [-0.1, -0.05) is 6.92 Å². The Morgan fingerprint density at radius 3 is 2.64 bits per heavy atom. The van der Waals surface area contributed by atoms with E-state index in [2.05, 4.69) is 17.1 Å². The summed E-state index contributed by atoms with van der Waals surface area (Å²) < 4.78 is 0. The SMILES string of the molecule is CC[C@H](CN1CC(O)C1)NC. The summed E-state index contributed by atoms with van der Waals surface area (Å²) in [7, 11) is 1.99. The Hall–Kier alpha value is -0.120. The van der Waals surface area contributed by atoms with Gasteiger partial charge in [-0.25, -0.2) is 0 Å². The molecule has 0 aliphatic carbocycles. The zero-order valence-corrected chi connectivity index (χ0v) is 7.38. The summed E-state index contributed by atoms with van der Waals surface area (Å²) in [5.41, 5.74) is 0. The second kappa shape index (κ2) is 4.04. The molecule has 0 amide bonds. The summed E-state index contributed by atoms with van der Waals surface area (Å²) in [6, 6.07) is 0.586. The Balaban J connectivity index is 2.09. The molecule has 0 aromatic rings. The molecule has 1 rings (SSSR count). The summed E-state index contributed by atoms with van der Waals surface area (Å²) in [5.74, 6) is 0. The third-order valence-corrected chi connectivity index (χ3v) is 2.32. The number of aliphatic hydroxyl groups excluding tert-OH is 1. The van der Waals surface area contributed by atoms with Crippen LogP contribution in [0.2, 0.25) is 0 Å². The van der Waals surface area contributed by atoms with Crippen molar-refractivity contribution >= 4 is 0 Å². The average Bonchev–Trinajstić information content (AvgIpc) is 1.96. The molecule has 0 spiro atoms. The first-order valence-corrected chi connectivity index (χ1v) is 4.34. The number of β-amino-alcohol motifs (C(OH)–C–C–N with tert-alkyl or cyclic N) is 1. The maximum absolute atomic E-state index is 9.01. The van der Waals surface area contributed by atoms with E-state index in [0.29, 0.717) is 6.04 Å². The molecule has 1 aliphatic heterocycles. The molecule has 1 fully saturated rings. The van der Waals surface area contributed by atoms with Crippen LogP contribution in [0.1, 0.15) is 13.3 Å². The van der Waals surface area contributed by atoms with Gasteiger partial charge in [0.2, 0.25) is 0 Å². The predicted octanol–water partition coefficient (Wildman–Crippen LogP) is -0.339. The fraction of sp³-hybridized carbons (Fsp3) is 1.00. The number of likely N-dealkylation sites (N-methyl/N-ethyl adjacent to an activating group) is 1. The standard InChI is InChI=1S/C8H18N2O/c1-3-7(9-2)4-10-5-8(11)6-10/h7-9,11H,3-6H2,1-2H3/t7-/m1/s1. The number of nitrogens with zero attached hydrogens (tertiary/aromatic N) is 1. The van der Waals surface area contributed by atoms with E-state index in [-0.39, 0.29) is 6.10 Å². The van der Waals surface area contributed by atoms with E-state index < -0.39 is 0 Å². The molecule has 0 radical (unpaired) electrons. The summed E-state index contributed by atoms with van der Waals surface area (Å²) in [4.78, 5) is 2.27. The summed E-state index contributed by atoms with van der Waals surface area (Å²) >= 11 is 0. The second-order valence-corrected chi connectivity index (χ2v) is 3.27. The smallest absolute Gasteiger partial charge is 0.0793 e. The van der Waals surface area contributed by atoms with Gasteiger partial charge in [-0.15, -0.1) is 0 Å². The van der Waals surface area contributed by atoms with Crippen molar-refractivity contribution < 1.29 is 5.11 Å². The van der Waals surface area contributed by atoms with Crippen molar-refractivity contribution in [1.82, 2.24) is 10.2 Å². The Morgan fingerprint density at radius 1 is 1.64 bits per heavy atom. The van der Waals surface area contributed by atoms with E-state index in [0.717, 1.165) is 26.1 Å². The number of aliphatic hydroxyl groups is 1. The van der Waals surface area contributed by atoms with Crippen molar-refractivity contribution in [3.8, 4) is 0 Å². The van der Waals surface area contributed by atoms with Crippen molar-refractivity contribution in [2.24, 2.45) is 0 Å². The van der Waals surface area contributed by atoms with E-state index >= 15 is 0 Å². The van der Waals surface area contributed by atoms with Crippen LogP contribution in [-0.4, -0.2) is 48.8 Å². The normalized spacial score (nSPS) is 23.2. The van der Waals surface area contributed by atoms with Gasteiger partial charge in [0.1, 0.15) is 0 Å². The summed E-state index contributed by atoms with van der Waals surface area (Å²) in [6.07, 6.45) is 1.09. The van der Waals surface area contributed by atoms with Gasteiger partial charge < -0.3 is 10.4 Å². The van der Waals surface area contributed by atoms with Crippen LogP contribution < -0.4 is 5.32 Å². The van der Waals surface area contributed by atoms with Crippen LogP contribution in [0.3, 0.4) is 0 Å². The molecular formula is C8H18N2O. The number of hydrogen-bond acceptors (Lipinski definition) is 3. The summed E-state index contributed by atoms with van der Waals surface area (Å²) in [5, 5.41) is 12.3. The first-order valence-electron chi connectivity index (χ1n) is 4.34. The zero-order chi connectivity index (χ0) is 8.27. The van der Waals surface area contributed by atoms with Crippen LogP contribution in [0.4, 0.5) is 0 Å². The van der Waals surface area contributed by atoms with Crippen molar-refractivity contribution in [3.05, 3.63) is 0 Å². The van der Waals surface area contributed by atoms with Crippen LogP contribution in [-0.2, 0) is 0 Å². The van der Waals surface area contributed by atoms with E-state index in [1.807, 2.05) is 7.05 Å². The van der Waals surface area contributed by atoms with Gasteiger partial charge >= 0.3 is 0 Å². The van der Waals surface area contributed by atoms with Crippen LogP contribution in [0.15, 0.2) is 0 Å². The highest BCUT2D eigenvalue weighted by Gasteiger charge is 2.25. The van der Waals surface area contributed by atoms with E-state index in [9.17, 15) is 0 Å². The number of rotatable bonds is 4. The minimum atomic E-state index is -0.0654. The molecule has 11 heavy (non-hydrogen) atoms. The maximum atomic E-state index is 9.01. The van der Waals surface area contributed by atoms with Gasteiger partial charge in [0.15, 0.2) is 0 Å². The van der Waals surface area contributed by atoms with Crippen molar-refractivity contribution in [1.29, 1.82) is 0 Å². The lowest BCUT2D eigenvalue weighted by Gasteiger charge is -2.37. The van der Waals surface area contributed by atoms with Crippen molar-refractivity contribution in [3.63, 3.8) is 0 Å². The fourth-order valence-corrected chi connectivity index (χ4v) is 1.43. The Morgan fingerprint density at radius 2 is 2.27 bits per heavy atom. The number of likely N-dealkylation sites (tertiary alicyclic amines) is 1. The molecule has 0 saturated carbocycles. The molecule has 0 aromatic heterocycles. The van der Waals surface area contributed by atoms with Gasteiger partial charge in [0, 0.05) is 25.7 Å². The Kier molecular flexibility index (Phi) is 3.30. The predicted molar refractivity (Wildman–Crippen MR) is 45.6 cm³/mol. The highest BCUT2D eigenvalue weighted by molar-refractivity contribution is 4.81. The van der Waals surface area contributed by atoms with E-state index in [1.54, 1.807) is 0 Å². The number of nitrogens with one attached hydrogen (secondary N) is 1. The first kappa shape index (κ1) is 8.97. The van der Waals surface area contributed by atoms with Crippen LogP contribution in [0.25, 0.3) is 0 Å². The quantitative estimate of drug-likeness (QED) is 0.587. The number of hydrogen-bond donors (Lipinski definition) is 2. The van der Waals surface area contributed by atoms with Crippen LogP contribution >= 0.6 is 0 Å². The Labute approximate surface area is 68.4 Å². The third-order valence-electron chi connectivity index (χ3n) is 2.32. The molecule has 0 unspecified atom stereocenters. The highest BCUT2D eigenvalue weighted by Crippen LogP contribution is 2.08. The van der Waals surface area contributed by atoms with Gasteiger partial charge in [-0.05, 0) is 13.5 Å².